The number of nitrogens with zero attached hydrogens (tertiary/aromatic N) is 2. The highest BCUT2D eigenvalue weighted by atomic mass is 19.4. The van der Waals surface area contributed by atoms with Crippen molar-refractivity contribution >= 4 is 6.03 Å². The van der Waals surface area contributed by atoms with Crippen molar-refractivity contribution in [3.8, 4) is 0 Å². The first kappa shape index (κ1) is 18.3. The fraction of sp³-hybridized carbons (Fsp3) is 0.533. The Balaban J connectivity index is 2.85. The van der Waals surface area contributed by atoms with Crippen molar-refractivity contribution in [1.82, 2.24) is 15.1 Å². The van der Waals surface area contributed by atoms with Gasteiger partial charge in [0.2, 0.25) is 0 Å². The predicted molar refractivity (Wildman–Crippen MR) is 79.7 cm³/mol. The molecule has 0 saturated carbocycles. The maximum atomic E-state index is 13.2. The summed E-state index contributed by atoms with van der Waals surface area (Å²) in [4.78, 5) is 15.1. The lowest BCUT2D eigenvalue weighted by atomic mass is 10.0. The van der Waals surface area contributed by atoms with Crippen LogP contribution in [0.5, 0.6) is 0 Å². The highest BCUT2D eigenvalue weighted by Gasteiger charge is 2.42. The molecule has 4 nitrogen and oxygen atoms in total. The van der Waals surface area contributed by atoms with Crippen molar-refractivity contribution in [3.05, 3.63) is 35.4 Å². The van der Waals surface area contributed by atoms with Gasteiger partial charge in [0.1, 0.15) is 0 Å². The lowest BCUT2D eigenvalue weighted by molar-refractivity contribution is -0.155. The van der Waals surface area contributed by atoms with Gasteiger partial charge in [-0.25, -0.2) is 4.79 Å². The predicted octanol–water partition coefficient (Wildman–Crippen LogP) is 2.80. The summed E-state index contributed by atoms with van der Waals surface area (Å²) < 4.78 is 39.7. The first-order valence-electron chi connectivity index (χ1n) is 6.91. The molecule has 1 rings (SSSR count). The van der Waals surface area contributed by atoms with E-state index in [2.05, 4.69) is 5.32 Å². The molecule has 0 aromatic heterocycles. The molecular weight excluding hydrogens is 295 g/mol. The van der Waals surface area contributed by atoms with E-state index in [4.69, 9.17) is 0 Å². The molecule has 0 aliphatic heterocycles. The lowest BCUT2D eigenvalue weighted by Crippen LogP contribution is -2.45. The molecule has 7 heteroatoms. The van der Waals surface area contributed by atoms with Gasteiger partial charge < -0.3 is 15.1 Å². The summed E-state index contributed by atoms with van der Waals surface area (Å²) in [5, 5.41) is 2.07. The molecule has 0 heterocycles. The van der Waals surface area contributed by atoms with Crippen LogP contribution in [0, 0.1) is 6.92 Å². The molecule has 0 aliphatic rings. The normalized spacial score (nSPS) is 13.1. The van der Waals surface area contributed by atoms with Gasteiger partial charge in [-0.2, -0.15) is 13.2 Å². The van der Waals surface area contributed by atoms with Crippen LogP contribution in [0.3, 0.4) is 0 Å². The van der Waals surface area contributed by atoms with Gasteiger partial charge in [-0.05, 0) is 26.6 Å². The molecule has 0 aliphatic carbocycles. The first-order chi connectivity index (χ1) is 10.1. The number of carbonyl (C=O) groups is 1. The van der Waals surface area contributed by atoms with E-state index in [1.807, 2.05) is 19.0 Å². The van der Waals surface area contributed by atoms with E-state index in [0.717, 1.165) is 0 Å². The Hall–Kier alpha value is -1.76. The van der Waals surface area contributed by atoms with Crippen molar-refractivity contribution in [1.29, 1.82) is 0 Å². The van der Waals surface area contributed by atoms with E-state index in [-0.39, 0.29) is 5.56 Å². The molecule has 0 fully saturated rings. The summed E-state index contributed by atoms with van der Waals surface area (Å²) >= 11 is 0. The van der Waals surface area contributed by atoms with Crippen molar-refractivity contribution in [3.63, 3.8) is 0 Å². The van der Waals surface area contributed by atoms with Gasteiger partial charge in [-0.3, -0.25) is 0 Å². The Bertz CT molecular complexity index is 503. The van der Waals surface area contributed by atoms with Crippen LogP contribution >= 0.6 is 0 Å². The van der Waals surface area contributed by atoms with Crippen LogP contribution in [-0.4, -0.2) is 56.2 Å². The SMILES string of the molecule is Cc1cccc([C@H](NC(=O)N(C)CCN(C)C)C(F)(F)F)c1. The van der Waals surface area contributed by atoms with Crippen LogP contribution < -0.4 is 5.32 Å². The van der Waals surface area contributed by atoms with E-state index in [0.29, 0.717) is 18.7 Å². The van der Waals surface area contributed by atoms with E-state index >= 15 is 0 Å². The van der Waals surface area contributed by atoms with Crippen molar-refractivity contribution in [2.75, 3.05) is 34.2 Å². The van der Waals surface area contributed by atoms with Gasteiger partial charge in [0.25, 0.3) is 0 Å². The third-order valence-corrected chi connectivity index (χ3v) is 3.20. The zero-order valence-electron chi connectivity index (χ0n) is 13.2. The number of alkyl halides is 3. The number of hydrogen-bond donors (Lipinski definition) is 1. The number of benzene rings is 1. The molecule has 0 spiro atoms. The van der Waals surface area contributed by atoms with E-state index in [1.54, 1.807) is 19.1 Å². The summed E-state index contributed by atoms with van der Waals surface area (Å²) in [6.07, 6.45) is -4.55. The second-order valence-electron chi connectivity index (χ2n) is 5.56. The average molecular weight is 317 g/mol. The summed E-state index contributed by atoms with van der Waals surface area (Å²) in [5.74, 6) is 0. The van der Waals surface area contributed by atoms with Crippen LogP contribution in [0.1, 0.15) is 17.2 Å². The van der Waals surface area contributed by atoms with Gasteiger partial charge in [0.05, 0.1) is 0 Å². The fourth-order valence-corrected chi connectivity index (χ4v) is 1.89. The van der Waals surface area contributed by atoms with Crippen molar-refractivity contribution in [2.45, 2.75) is 19.1 Å². The molecule has 22 heavy (non-hydrogen) atoms. The summed E-state index contributed by atoms with van der Waals surface area (Å²) in [5.41, 5.74) is 0.740. The summed E-state index contributed by atoms with van der Waals surface area (Å²) in [6, 6.07) is 3.30. The third kappa shape index (κ3) is 5.55. The van der Waals surface area contributed by atoms with Crippen LogP contribution in [0.2, 0.25) is 0 Å². The highest BCUT2D eigenvalue weighted by molar-refractivity contribution is 5.74. The number of urea groups is 1. The molecule has 1 aromatic rings. The fourth-order valence-electron chi connectivity index (χ4n) is 1.89. The Morgan fingerprint density at radius 2 is 1.86 bits per heavy atom. The standard InChI is InChI=1S/C15H22F3N3O/c1-11-6-5-7-12(10-11)13(15(16,17)18)19-14(22)21(4)9-8-20(2)3/h5-7,10,13H,8-9H2,1-4H3,(H,19,22)/t13-/m0/s1. The number of halogens is 3. The number of likely N-dealkylation sites (N-methyl/N-ethyl adjacent to an activating group) is 2. The molecule has 1 atom stereocenters. The molecule has 0 saturated heterocycles. The molecule has 0 bridgehead atoms. The van der Waals surface area contributed by atoms with Gasteiger partial charge in [-0.1, -0.05) is 29.8 Å². The Morgan fingerprint density at radius 1 is 1.23 bits per heavy atom. The van der Waals surface area contributed by atoms with E-state index in [1.165, 1.54) is 24.1 Å². The van der Waals surface area contributed by atoms with Crippen molar-refractivity contribution in [2.24, 2.45) is 0 Å². The smallest absolute Gasteiger partial charge is 0.327 e. The molecular formula is C15H22F3N3O. The van der Waals surface area contributed by atoms with Crippen LogP contribution in [0.25, 0.3) is 0 Å². The monoisotopic (exact) mass is 317 g/mol. The topological polar surface area (TPSA) is 35.6 Å². The van der Waals surface area contributed by atoms with Crippen LogP contribution in [0.15, 0.2) is 24.3 Å². The van der Waals surface area contributed by atoms with Gasteiger partial charge >= 0.3 is 12.2 Å². The van der Waals surface area contributed by atoms with Crippen LogP contribution in [0.4, 0.5) is 18.0 Å². The third-order valence-electron chi connectivity index (χ3n) is 3.20. The number of carbonyl (C=O) groups excluding carboxylic acids is 1. The van der Waals surface area contributed by atoms with Gasteiger partial charge in [0, 0.05) is 20.1 Å². The molecule has 0 radical (unpaired) electrons. The molecule has 124 valence electrons. The van der Waals surface area contributed by atoms with Crippen LogP contribution in [-0.2, 0) is 0 Å². The zero-order valence-corrected chi connectivity index (χ0v) is 13.2. The maximum Gasteiger partial charge on any atom is 0.412 e. The molecule has 1 N–H and O–H groups in total. The second kappa shape index (κ2) is 7.49. The average Bonchev–Trinajstić information content (AvgIpc) is 2.40. The molecule has 0 unspecified atom stereocenters. The molecule has 1 aromatic carbocycles. The van der Waals surface area contributed by atoms with Gasteiger partial charge in [0.15, 0.2) is 6.04 Å². The lowest BCUT2D eigenvalue weighted by Gasteiger charge is -2.26. The number of nitrogens with one attached hydrogen (secondary N) is 1. The Morgan fingerprint density at radius 3 is 2.36 bits per heavy atom. The second-order valence-corrected chi connectivity index (χ2v) is 5.56. The van der Waals surface area contributed by atoms with E-state index < -0.39 is 18.2 Å². The number of rotatable bonds is 5. The summed E-state index contributed by atoms with van der Waals surface area (Å²) in [7, 11) is 5.14. The highest BCUT2D eigenvalue weighted by Crippen LogP contribution is 2.33. The number of amides is 2. The largest absolute Gasteiger partial charge is 0.412 e. The Kier molecular flexibility index (Phi) is 6.22. The minimum Gasteiger partial charge on any atom is -0.327 e. The number of aryl methyl sites for hydroxylation is 1. The maximum absolute atomic E-state index is 13.2. The van der Waals surface area contributed by atoms with Crippen molar-refractivity contribution < 1.29 is 18.0 Å². The van der Waals surface area contributed by atoms with Gasteiger partial charge in [-0.15, -0.1) is 0 Å². The minimum atomic E-state index is -4.55. The summed E-state index contributed by atoms with van der Waals surface area (Å²) in [6.45, 7) is 2.63. The molecule has 2 amide bonds. The van der Waals surface area contributed by atoms with E-state index in [9.17, 15) is 18.0 Å². The number of hydrogen-bond acceptors (Lipinski definition) is 2. The minimum absolute atomic E-state index is 0.0295. The quantitative estimate of drug-likeness (QED) is 0.906. The zero-order chi connectivity index (χ0) is 16.9. The first-order valence-corrected chi connectivity index (χ1v) is 6.91. The Labute approximate surface area is 128 Å².